The highest BCUT2D eigenvalue weighted by Crippen LogP contribution is 2.29. The van der Waals surface area contributed by atoms with Crippen molar-refractivity contribution in [3.05, 3.63) is 36.4 Å². The van der Waals surface area contributed by atoms with Crippen LogP contribution in [-0.4, -0.2) is 77.7 Å². The monoisotopic (exact) mass is 479 g/mol. The highest BCUT2D eigenvalue weighted by molar-refractivity contribution is 5.86. The van der Waals surface area contributed by atoms with E-state index in [1.165, 1.54) is 0 Å². The standard InChI is InChI=1S/C27H37N5O3/c1-4-20(2)32(27(34)22-7-5-8-22)19-26(33)31-16-6-15-30(17-18-31)25-14-13-24(28-29-25)21-9-11-23(35-3)12-10-21/h9-14,20,22H,4-8,15-19H2,1-3H3. The first-order chi connectivity index (χ1) is 17.0. The van der Waals surface area contributed by atoms with Crippen molar-refractivity contribution in [3.8, 4) is 17.0 Å². The summed E-state index contributed by atoms with van der Waals surface area (Å²) < 4.78 is 5.22. The number of hydrogen-bond acceptors (Lipinski definition) is 6. The first-order valence-electron chi connectivity index (χ1n) is 12.8. The van der Waals surface area contributed by atoms with E-state index < -0.39 is 0 Å². The SMILES string of the molecule is CCC(C)N(CC(=O)N1CCCN(c2ccc(-c3ccc(OC)cc3)nn2)CC1)C(=O)C1CCC1. The third-order valence-corrected chi connectivity index (χ3v) is 7.37. The second-order valence-corrected chi connectivity index (χ2v) is 9.58. The summed E-state index contributed by atoms with van der Waals surface area (Å²) in [6.45, 7) is 7.12. The minimum Gasteiger partial charge on any atom is -0.497 e. The van der Waals surface area contributed by atoms with Gasteiger partial charge in [-0.1, -0.05) is 13.3 Å². The van der Waals surface area contributed by atoms with Gasteiger partial charge in [0.05, 0.1) is 19.3 Å². The van der Waals surface area contributed by atoms with Gasteiger partial charge in [-0.2, -0.15) is 0 Å². The van der Waals surface area contributed by atoms with Crippen LogP contribution in [0.1, 0.15) is 46.0 Å². The van der Waals surface area contributed by atoms with Crippen LogP contribution in [0, 0.1) is 5.92 Å². The molecule has 2 amide bonds. The van der Waals surface area contributed by atoms with Crippen LogP contribution in [0.3, 0.4) is 0 Å². The van der Waals surface area contributed by atoms with Crippen molar-refractivity contribution in [2.75, 3.05) is 44.7 Å². The number of rotatable bonds is 8. The van der Waals surface area contributed by atoms with Crippen LogP contribution in [0.25, 0.3) is 11.3 Å². The molecule has 2 aliphatic rings. The Labute approximate surface area is 208 Å². The predicted molar refractivity (Wildman–Crippen MR) is 136 cm³/mol. The van der Waals surface area contributed by atoms with Crippen molar-refractivity contribution < 1.29 is 14.3 Å². The fourth-order valence-corrected chi connectivity index (χ4v) is 4.61. The summed E-state index contributed by atoms with van der Waals surface area (Å²) in [7, 11) is 1.65. The summed E-state index contributed by atoms with van der Waals surface area (Å²) in [6.07, 6.45) is 4.73. The lowest BCUT2D eigenvalue weighted by Crippen LogP contribution is -2.50. The molecule has 0 bridgehead atoms. The summed E-state index contributed by atoms with van der Waals surface area (Å²) >= 11 is 0. The van der Waals surface area contributed by atoms with E-state index in [0.717, 1.165) is 61.5 Å². The molecule has 35 heavy (non-hydrogen) atoms. The molecule has 2 heterocycles. The van der Waals surface area contributed by atoms with E-state index in [1.54, 1.807) is 7.11 Å². The Bertz CT molecular complexity index is 991. The topological polar surface area (TPSA) is 78.9 Å². The minimum atomic E-state index is 0.0424. The van der Waals surface area contributed by atoms with E-state index in [1.807, 2.05) is 53.1 Å². The zero-order chi connectivity index (χ0) is 24.8. The molecule has 0 spiro atoms. The van der Waals surface area contributed by atoms with Crippen molar-refractivity contribution in [2.24, 2.45) is 5.92 Å². The molecule has 1 aliphatic heterocycles. The smallest absolute Gasteiger partial charge is 0.242 e. The van der Waals surface area contributed by atoms with Crippen molar-refractivity contribution in [2.45, 2.75) is 52.0 Å². The molecule has 0 radical (unpaired) electrons. The summed E-state index contributed by atoms with van der Waals surface area (Å²) in [5, 5.41) is 8.89. The summed E-state index contributed by atoms with van der Waals surface area (Å²) in [5.74, 6) is 1.93. The van der Waals surface area contributed by atoms with Crippen molar-refractivity contribution in [1.29, 1.82) is 0 Å². The van der Waals surface area contributed by atoms with Gasteiger partial charge in [0.1, 0.15) is 5.75 Å². The highest BCUT2D eigenvalue weighted by atomic mass is 16.5. The van der Waals surface area contributed by atoms with Crippen LogP contribution < -0.4 is 9.64 Å². The average molecular weight is 480 g/mol. The van der Waals surface area contributed by atoms with Gasteiger partial charge in [-0.3, -0.25) is 9.59 Å². The normalized spacial score (nSPS) is 17.3. The molecule has 1 atom stereocenters. The Hall–Kier alpha value is -3.16. The maximum absolute atomic E-state index is 13.2. The van der Waals surface area contributed by atoms with E-state index in [9.17, 15) is 9.59 Å². The number of anilines is 1. The number of methoxy groups -OCH3 is 1. The van der Waals surface area contributed by atoms with Crippen LogP contribution in [0.15, 0.2) is 36.4 Å². The van der Waals surface area contributed by atoms with Gasteiger partial charge in [0, 0.05) is 43.7 Å². The third kappa shape index (κ3) is 5.92. The zero-order valence-corrected chi connectivity index (χ0v) is 21.2. The number of carbonyl (C=O) groups excluding carboxylic acids is 2. The first-order valence-corrected chi connectivity index (χ1v) is 12.8. The quantitative estimate of drug-likeness (QED) is 0.576. The van der Waals surface area contributed by atoms with Crippen LogP contribution >= 0.6 is 0 Å². The van der Waals surface area contributed by atoms with E-state index in [2.05, 4.69) is 22.0 Å². The Morgan fingerprint density at radius 2 is 1.80 bits per heavy atom. The molecule has 8 heteroatoms. The summed E-state index contributed by atoms with van der Waals surface area (Å²) in [5.41, 5.74) is 1.80. The molecule has 1 saturated carbocycles. The van der Waals surface area contributed by atoms with Crippen molar-refractivity contribution in [3.63, 3.8) is 0 Å². The molecule has 1 aromatic carbocycles. The van der Waals surface area contributed by atoms with Gasteiger partial charge in [0.15, 0.2) is 5.82 Å². The zero-order valence-electron chi connectivity index (χ0n) is 21.2. The Balaban J connectivity index is 1.35. The second-order valence-electron chi connectivity index (χ2n) is 9.58. The molecule has 188 valence electrons. The molecular weight excluding hydrogens is 442 g/mol. The number of amides is 2. The predicted octanol–water partition coefficient (Wildman–Crippen LogP) is 3.62. The number of carbonyl (C=O) groups is 2. The lowest BCUT2D eigenvalue weighted by Gasteiger charge is -2.36. The van der Waals surface area contributed by atoms with Crippen molar-refractivity contribution >= 4 is 17.6 Å². The van der Waals surface area contributed by atoms with Gasteiger partial charge in [-0.05, 0) is 69.0 Å². The minimum absolute atomic E-state index is 0.0424. The lowest BCUT2D eigenvalue weighted by atomic mass is 9.84. The fraction of sp³-hybridized carbons (Fsp3) is 0.556. The number of ether oxygens (including phenoxy) is 1. The first kappa shape index (κ1) is 24.9. The number of aromatic nitrogens is 2. The van der Waals surface area contributed by atoms with Gasteiger partial charge in [-0.15, -0.1) is 10.2 Å². The molecule has 2 aromatic rings. The van der Waals surface area contributed by atoms with Crippen LogP contribution in [0.2, 0.25) is 0 Å². The van der Waals surface area contributed by atoms with E-state index in [0.29, 0.717) is 19.6 Å². The molecule has 4 rings (SSSR count). The molecule has 2 fully saturated rings. The fourth-order valence-electron chi connectivity index (χ4n) is 4.61. The van der Waals surface area contributed by atoms with Gasteiger partial charge in [0.25, 0.3) is 0 Å². The van der Waals surface area contributed by atoms with Crippen LogP contribution in [-0.2, 0) is 9.59 Å². The number of benzene rings is 1. The Morgan fingerprint density at radius 3 is 2.40 bits per heavy atom. The maximum atomic E-state index is 13.2. The largest absolute Gasteiger partial charge is 0.497 e. The summed E-state index contributed by atoms with van der Waals surface area (Å²) in [4.78, 5) is 32.0. The molecule has 0 N–H and O–H groups in total. The van der Waals surface area contributed by atoms with Crippen LogP contribution in [0.5, 0.6) is 5.75 Å². The summed E-state index contributed by atoms with van der Waals surface area (Å²) in [6, 6.07) is 11.8. The van der Waals surface area contributed by atoms with Crippen molar-refractivity contribution in [1.82, 2.24) is 20.0 Å². The van der Waals surface area contributed by atoms with E-state index in [4.69, 9.17) is 4.74 Å². The highest BCUT2D eigenvalue weighted by Gasteiger charge is 2.33. The van der Waals surface area contributed by atoms with Gasteiger partial charge >= 0.3 is 0 Å². The second kappa shape index (κ2) is 11.5. The lowest BCUT2D eigenvalue weighted by molar-refractivity contribution is -0.146. The molecule has 1 aromatic heterocycles. The van der Waals surface area contributed by atoms with Gasteiger partial charge in [0.2, 0.25) is 11.8 Å². The van der Waals surface area contributed by atoms with Gasteiger partial charge in [-0.25, -0.2) is 0 Å². The van der Waals surface area contributed by atoms with Crippen LogP contribution in [0.4, 0.5) is 5.82 Å². The Morgan fingerprint density at radius 1 is 1.03 bits per heavy atom. The molecule has 1 saturated heterocycles. The van der Waals surface area contributed by atoms with E-state index in [-0.39, 0.29) is 30.3 Å². The number of nitrogens with zero attached hydrogens (tertiary/aromatic N) is 5. The maximum Gasteiger partial charge on any atom is 0.242 e. The molecule has 1 aliphatic carbocycles. The molecule has 8 nitrogen and oxygen atoms in total. The number of hydrogen-bond donors (Lipinski definition) is 0. The molecular formula is C27H37N5O3. The van der Waals surface area contributed by atoms with E-state index >= 15 is 0 Å². The average Bonchev–Trinajstić information content (AvgIpc) is 3.12. The third-order valence-electron chi connectivity index (χ3n) is 7.37. The Kier molecular flexibility index (Phi) is 8.21. The van der Waals surface area contributed by atoms with Gasteiger partial charge < -0.3 is 19.4 Å². The molecule has 1 unspecified atom stereocenters.